The van der Waals surface area contributed by atoms with Crippen LogP contribution in [-0.4, -0.2) is 12.6 Å². The third kappa shape index (κ3) is 13.4. The van der Waals surface area contributed by atoms with Gasteiger partial charge in [0.15, 0.2) is 0 Å². The van der Waals surface area contributed by atoms with E-state index >= 15 is 0 Å². The van der Waals surface area contributed by atoms with Crippen LogP contribution in [0.25, 0.3) is 0 Å². The molecular weight excluding hydrogens is 245 g/mol. The monoisotopic (exact) mass is 251 g/mol. The molecule has 2 nitrogen and oxygen atoms in total. The van der Waals surface area contributed by atoms with E-state index in [1.54, 1.807) is 7.11 Å². The van der Waals surface area contributed by atoms with E-state index in [-0.39, 0.29) is 5.48 Å². The molecule has 0 aromatic heterocycles. The van der Waals surface area contributed by atoms with E-state index < -0.39 is 0 Å². The summed E-state index contributed by atoms with van der Waals surface area (Å²) >= 11 is 0.566. The zero-order valence-corrected chi connectivity index (χ0v) is 8.11. The molecule has 0 unspecified atom stereocenters. The molecule has 0 spiro atoms. The van der Waals surface area contributed by atoms with Gasteiger partial charge < -0.3 is 5.48 Å². The van der Waals surface area contributed by atoms with Crippen molar-refractivity contribution >= 4 is 0 Å². The molecule has 23 valence electrons. The van der Waals surface area contributed by atoms with Gasteiger partial charge in [-0.2, -0.15) is 0 Å². The Morgan fingerprint density at radius 1 is 1.75 bits per heavy atom. The summed E-state index contributed by atoms with van der Waals surface area (Å²) in [7, 11) is 1.71. The van der Waals surface area contributed by atoms with Crippen LogP contribution in [0.1, 0.15) is 0 Å². The van der Waals surface area contributed by atoms with Crippen LogP contribution < -0.4 is 0 Å². The fraction of sp³-hybridized carbons (Fsp3) is 1.00. The molecule has 0 aliphatic rings. The van der Waals surface area contributed by atoms with E-state index in [1.807, 2.05) is 0 Å². The SMILES string of the molecule is C[O][Hg].O. The van der Waals surface area contributed by atoms with Crippen molar-refractivity contribution in [2.75, 3.05) is 7.11 Å². The van der Waals surface area contributed by atoms with Gasteiger partial charge in [0.2, 0.25) is 0 Å². The first-order chi connectivity index (χ1) is 1.41. The predicted molar refractivity (Wildman–Crippen MR) is 10.6 cm³/mol. The van der Waals surface area contributed by atoms with Gasteiger partial charge in [-0.25, -0.2) is 0 Å². The third-order valence-corrected chi connectivity index (χ3v) is 0. The van der Waals surface area contributed by atoms with Crippen LogP contribution in [0.2, 0.25) is 0 Å². The van der Waals surface area contributed by atoms with Gasteiger partial charge in [0.1, 0.15) is 0 Å². The van der Waals surface area contributed by atoms with E-state index in [4.69, 9.17) is 0 Å². The van der Waals surface area contributed by atoms with Gasteiger partial charge >= 0.3 is 36.3 Å². The molecule has 0 saturated heterocycles. The summed E-state index contributed by atoms with van der Waals surface area (Å²) in [4.78, 5) is 0. The molecule has 0 fully saturated rings. The minimum atomic E-state index is 0. The average molecular weight is 250 g/mol. The van der Waals surface area contributed by atoms with Crippen molar-refractivity contribution < 1.29 is 34.7 Å². The van der Waals surface area contributed by atoms with Crippen molar-refractivity contribution in [2.24, 2.45) is 0 Å². The fourth-order valence-corrected chi connectivity index (χ4v) is 0. The van der Waals surface area contributed by atoms with E-state index in [9.17, 15) is 0 Å². The molecule has 0 aliphatic carbocycles. The first kappa shape index (κ1) is 8.85. The Balaban J connectivity index is 0. The molecule has 3 heteroatoms. The standard InChI is InChI=1S/CH3O.Hg.H2O/c1-2;;/h1H3;;1H2/q-1;+1;. The maximum absolute atomic E-state index is 4.44. The summed E-state index contributed by atoms with van der Waals surface area (Å²) in [5.74, 6) is 0. The van der Waals surface area contributed by atoms with Gasteiger partial charge in [0.05, 0.1) is 0 Å². The van der Waals surface area contributed by atoms with Crippen molar-refractivity contribution in [3.63, 3.8) is 0 Å². The number of hydrogen-bond acceptors (Lipinski definition) is 1. The van der Waals surface area contributed by atoms with Gasteiger partial charge in [-0.3, -0.25) is 0 Å². The smallest absolute Gasteiger partial charge is 0.412 e. The van der Waals surface area contributed by atoms with Crippen LogP contribution >= 0.6 is 0 Å². The number of rotatable bonds is 0. The van der Waals surface area contributed by atoms with E-state index in [0.29, 0.717) is 26.6 Å². The summed E-state index contributed by atoms with van der Waals surface area (Å²) in [5, 5.41) is 0. The van der Waals surface area contributed by atoms with Crippen LogP contribution in [0.5, 0.6) is 0 Å². The maximum atomic E-state index is 4.44. The Bertz CT molecular complexity index is 6.00. The maximum Gasteiger partial charge on any atom is -0.412 e. The summed E-state index contributed by atoms with van der Waals surface area (Å²) in [5.41, 5.74) is 0. The van der Waals surface area contributed by atoms with Crippen LogP contribution in [0.15, 0.2) is 0 Å². The van der Waals surface area contributed by atoms with Crippen molar-refractivity contribution in [1.29, 1.82) is 0 Å². The minimum absolute atomic E-state index is 0. The first-order valence-corrected chi connectivity index (χ1v) is 2.94. The number of hydrogen-bond donors (Lipinski definition) is 0. The van der Waals surface area contributed by atoms with E-state index in [0.717, 1.165) is 0 Å². The van der Waals surface area contributed by atoms with Crippen molar-refractivity contribution in [2.45, 2.75) is 0 Å². The Labute approximate surface area is 42.1 Å². The first-order valence-electron chi connectivity index (χ1n) is 0.697. The third-order valence-electron chi connectivity index (χ3n) is 0. The quantitative estimate of drug-likeness (QED) is 0.522. The van der Waals surface area contributed by atoms with Gasteiger partial charge in [-0.1, -0.05) is 0 Å². The largest absolute Gasteiger partial charge is 0.412 e. The fourth-order valence-electron chi connectivity index (χ4n) is 0. The Hall–Kier alpha value is 0.855. The molecule has 0 atom stereocenters. The Morgan fingerprint density at radius 3 is 1.75 bits per heavy atom. The van der Waals surface area contributed by atoms with Crippen LogP contribution in [0, 0.1) is 0 Å². The summed E-state index contributed by atoms with van der Waals surface area (Å²) in [6.07, 6.45) is 0. The molecule has 4 heavy (non-hydrogen) atoms. The second kappa shape index (κ2) is 9.13. The van der Waals surface area contributed by atoms with Gasteiger partial charge in [-0.15, -0.1) is 0 Å². The van der Waals surface area contributed by atoms with E-state index in [1.165, 1.54) is 0 Å². The summed E-state index contributed by atoms with van der Waals surface area (Å²) in [6.45, 7) is 0. The minimum Gasteiger partial charge on any atom is -0.412 e. The van der Waals surface area contributed by atoms with Gasteiger partial charge in [0.25, 0.3) is 0 Å². The van der Waals surface area contributed by atoms with Crippen molar-refractivity contribution in [3.8, 4) is 0 Å². The Morgan fingerprint density at radius 2 is 1.75 bits per heavy atom. The van der Waals surface area contributed by atoms with Gasteiger partial charge in [0, 0.05) is 0 Å². The average Bonchev–Trinajstić information content (AvgIpc) is 0.918. The second-order valence-electron chi connectivity index (χ2n) is 0.289. The molecule has 0 bridgehead atoms. The molecular formula is CH5HgO2. The topological polar surface area (TPSA) is 40.7 Å². The van der Waals surface area contributed by atoms with Crippen molar-refractivity contribution in [3.05, 3.63) is 0 Å². The van der Waals surface area contributed by atoms with Crippen molar-refractivity contribution in [1.82, 2.24) is 0 Å². The zero-order chi connectivity index (χ0) is 2.71. The normalized spacial score (nSPS) is 4.75. The molecule has 0 amide bonds. The molecule has 0 aromatic rings. The molecule has 0 saturated carbocycles. The molecule has 0 aliphatic heterocycles. The summed E-state index contributed by atoms with van der Waals surface area (Å²) < 4.78 is 4.44. The molecule has 0 heterocycles. The van der Waals surface area contributed by atoms with Crippen LogP contribution in [-0.2, 0) is 29.2 Å². The molecule has 0 radical (unpaired) electrons. The second-order valence-corrected chi connectivity index (χ2v) is 2.53. The Kier molecular flexibility index (Phi) is 20.2. The zero-order valence-electron chi connectivity index (χ0n) is 2.62. The van der Waals surface area contributed by atoms with Gasteiger partial charge in [-0.05, 0) is 0 Å². The molecule has 0 aromatic carbocycles. The van der Waals surface area contributed by atoms with Crippen LogP contribution in [0.4, 0.5) is 0 Å². The van der Waals surface area contributed by atoms with Crippen LogP contribution in [0.3, 0.4) is 0 Å². The molecule has 0 rings (SSSR count). The predicted octanol–water partition coefficient (Wildman–Crippen LogP) is -0.730. The summed E-state index contributed by atoms with van der Waals surface area (Å²) in [6, 6.07) is 0. The molecule has 2 N–H and O–H groups in total. The van der Waals surface area contributed by atoms with E-state index in [2.05, 4.69) is 2.64 Å².